The van der Waals surface area contributed by atoms with Crippen molar-refractivity contribution in [3.63, 3.8) is 0 Å². The van der Waals surface area contributed by atoms with E-state index in [1.807, 2.05) is 19.1 Å². The van der Waals surface area contributed by atoms with Crippen molar-refractivity contribution in [1.29, 1.82) is 0 Å². The Labute approximate surface area is 262 Å². The minimum atomic E-state index is -2.76. The lowest BCUT2D eigenvalue weighted by Crippen LogP contribution is -2.32. The number of rotatable bonds is 8. The molecule has 3 aromatic heterocycles. The quantitative estimate of drug-likeness (QED) is 0.201. The first kappa shape index (κ1) is 29.7. The monoisotopic (exact) mass is 633 g/mol. The number of amides is 1. The first-order valence-corrected chi connectivity index (χ1v) is 16.2. The molecule has 1 unspecified atom stereocenters. The third-order valence-electron chi connectivity index (χ3n) is 9.29. The fourth-order valence-corrected chi connectivity index (χ4v) is 7.36. The van der Waals surface area contributed by atoms with Crippen molar-refractivity contribution < 1.29 is 18.0 Å². The molecule has 0 bridgehead atoms. The standard InChI is InChI=1S/C33H34F3N7OS/c1-3-41-11-8-21(9-12-41)20-4-6-22(7-5-20)24-15-25(31(35)36)26-17-43(40-28(26)19(24)2)30(32(44)39-33-37-10-13-45-33)29-27-14-23(34)16-42(27)18-38-29/h4-7,10,13,15,17-18,21,23,30-31H,3,8-9,11-12,14,16H2,1-2H3,(H,37,39,44)/t23-,30?/m1/s1. The molecule has 1 amide bonds. The van der Waals surface area contributed by atoms with Crippen LogP contribution in [0.2, 0.25) is 0 Å². The molecule has 7 rings (SSSR count). The average Bonchev–Trinajstić information content (AvgIpc) is 3.84. The van der Waals surface area contributed by atoms with Gasteiger partial charge in [-0.25, -0.2) is 23.1 Å². The number of likely N-dealkylation sites (tertiary alicyclic amines) is 1. The SMILES string of the molecule is CCN1CCC(c2ccc(-c3cc(C(F)F)c4cn(C(C(=O)Nc5nccs5)c5ncn6c5C[C@@H](F)C6)nc4c3C)cc2)CC1. The van der Waals surface area contributed by atoms with E-state index >= 15 is 0 Å². The van der Waals surface area contributed by atoms with E-state index in [4.69, 9.17) is 5.10 Å². The van der Waals surface area contributed by atoms with E-state index in [0.29, 0.717) is 33.5 Å². The second-order valence-corrected chi connectivity index (χ2v) is 12.8. The van der Waals surface area contributed by atoms with Crippen LogP contribution in [0.15, 0.2) is 54.4 Å². The Hall–Kier alpha value is -4.03. The number of piperidine rings is 1. The molecule has 1 fully saturated rings. The maximum atomic E-state index is 14.6. The molecule has 234 valence electrons. The molecule has 0 radical (unpaired) electrons. The van der Waals surface area contributed by atoms with Crippen LogP contribution in [0.3, 0.4) is 0 Å². The van der Waals surface area contributed by atoms with Crippen molar-refractivity contribution in [2.24, 2.45) is 0 Å². The summed E-state index contributed by atoms with van der Waals surface area (Å²) in [6.45, 7) is 7.43. The second kappa shape index (κ2) is 12.1. The third kappa shape index (κ3) is 5.54. The van der Waals surface area contributed by atoms with Gasteiger partial charge in [0.1, 0.15) is 6.17 Å². The highest BCUT2D eigenvalue weighted by molar-refractivity contribution is 7.13. The molecule has 12 heteroatoms. The Morgan fingerprint density at radius 1 is 1.16 bits per heavy atom. The number of nitrogens with one attached hydrogen (secondary N) is 1. The summed E-state index contributed by atoms with van der Waals surface area (Å²) in [6.07, 6.45) is 3.03. The Morgan fingerprint density at radius 3 is 2.62 bits per heavy atom. The fraction of sp³-hybridized carbons (Fsp3) is 0.394. The Balaban J connectivity index is 1.28. The number of hydrogen-bond acceptors (Lipinski definition) is 6. The van der Waals surface area contributed by atoms with Crippen LogP contribution >= 0.6 is 11.3 Å². The lowest BCUT2D eigenvalue weighted by atomic mass is 9.87. The minimum absolute atomic E-state index is 0.107. The zero-order valence-corrected chi connectivity index (χ0v) is 25.9. The van der Waals surface area contributed by atoms with Gasteiger partial charge < -0.3 is 9.47 Å². The van der Waals surface area contributed by atoms with E-state index in [-0.39, 0.29) is 23.9 Å². The summed E-state index contributed by atoms with van der Waals surface area (Å²) < 4.78 is 46.7. The van der Waals surface area contributed by atoms with Crippen molar-refractivity contribution in [1.82, 2.24) is 29.2 Å². The van der Waals surface area contributed by atoms with E-state index in [9.17, 15) is 18.0 Å². The van der Waals surface area contributed by atoms with E-state index in [0.717, 1.165) is 43.6 Å². The third-order valence-corrected chi connectivity index (χ3v) is 9.98. The number of hydrogen-bond donors (Lipinski definition) is 1. The number of aromatic nitrogens is 5. The summed E-state index contributed by atoms with van der Waals surface area (Å²) in [5.74, 6) is 0.000637. The van der Waals surface area contributed by atoms with Crippen molar-refractivity contribution in [3.05, 3.63) is 82.5 Å². The number of thiazole rings is 1. The zero-order chi connectivity index (χ0) is 31.2. The second-order valence-electron chi connectivity index (χ2n) is 11.9. The molecule has 2 atom stereocenters. The first-order chi connectivity index (χ1) is 21.8. The van der Waals surface area contributed by atoms with Crippen LogP contribution in [0.1, 0.15) is 66.2 Å². The number of carbonyl (C=O) groups excluding carboxylic acids is 1. The zero-order valence-electron chi connectivity index (χ0n) is 25.1. The molecule has 5 aromatic rings. The van der Waals surface area contributed by atoms with Crippen molar-refractivity contribution in [2.45, 2.75) is 64.2 Å². The van der Waals surface area contributed by atoms with Gasteiger partial charge in [0.15, 0.2) is 11.2 Å². The van der Waals surface area contributed by atoms with Crippen LogP contribution in [0.5, 0.6) is 0 Å². The van der Waals surface area contributed by atoms with Crippen molar-refractivity contribution in [2.75, 3.05) is 25.0 Å². The van der Waals surface area contributed by atoms with E-state index in [2.05, 4.69) is 39.2 Å². The molecular weight excluding hydrogens is 599 g/mol. The summed E-state index contributed by atoms with van der Waals surface area (Å²) in [5.41, 5.74) is 4.65. The molecule has 2 aliphatic heterocycles. The van der Waals surface area contributed by atoms with Crippen LogP contribution in [0.4, 0.5) is 18.3 Å². The molecule has 0 aliphatic carbocycles. The van der Waals surface area contributed by atoms with Gasteiger partial charge in [-0.1, -0.05) is 31.2 Å². The van der Waals surface area contributed by atoms with Crippen LogP contribution in [0.25, 0.3) is 22.0 Å². The molecule has 1 N–H and O–H groups in total. The Morgan fingerprint density at radius 2 is 1.93 bits per heavy atom. The van der Waals surface area contributed by atoms with Gasteiger partial charge >= 0.3 is 0 Å². The number of halogens is 3. The summed E-state index contributed by atoms with van der Waals surface area (Å²) in [6, 6.07) is 8.66. The lowest BCUT2D eigenvalue weighted by molar-refractivity contribution is -0.118. The summed E-state index contributed by atoms with van der Waals surface area (Å²) in [7, 11) is 0. The van der Waals surface area contributed by atoms with Gasteiger partial charge in [0.25, 0.3) is 12.3 Å². The molecule has 0 saturated carbocycles. The van der Waals surface area contributed by atoms with E-state index in [1.165, 1.54) is 40.2 Å². The topological polar surface area (TPSA) is 80.9 Å². The summed E-state index contributed by atoms with van der Waals surface area (Å²) in [4.78, 5) is 24.8. The van der Waals surface area contributed by atoms with Crippen LogP contribution in [-0.4, -0.2) is 60.9 Å². The van der Waals surface area contributed by atoms with Crippen molar-refractivity contribution in [3.8, 4) is 11.1 Å². The smallest absolute Gasteiger partial charge is 0.264 e. The highest BCUT2D eigenvalue weighted by atomic mass is 32.1. The van der Waals surface area contributed by atoms with Crippen LogP contribution in [-0.2, 0) is 17.8 Å². The van der Waals surface area contributed by atoms with Gasteiger partial charge in [0, 0.05) is 40.8 Å². The number of imidazole rings is 1. The Bertz CT molecular complexity index is 1830. The van der Waals surface area contributed by atoms with E-state index in [1.54, 1.807) is 16.1 Å². The number of carbonyl (C=O) groups is 1. The molecule has 0 spiro atoms. The predicted octanol–water partition coefficient (Wildman–Crippen LogP) is 6.92. The van der Waals surface area contributed by atoms with Crippen LogP contribution < -0.4 is 5.32 Å². The maximum absolute atomic E-state index is 14.6. The first-order valence-electron chi connectivity index (χ1n) is 15.3. The summed E-state index contributed by atoms with van der Waals surface area (Å²) in [5, 5.41) is 9.93. The predicted molar refractivity (Wildman–Crippen MR) is 169 cm³/mol. The lowest BCUT2D eigenvalue weighted by Gasteiger charge is -2.31. The molecule has 45 heavy (non-hydrogen) atoms. The van der Waals surface area contributed by atoms with Gasteiger partial charge in [-0.05, 0) is 73.6 Å². The van der Waals surface area contributed by atoms with Gasteiger partial charge in [-0.3, -0.25) is 14.8 Å². The molecule has 1 saturated heterocycles. The highest BCUT2D eigenvalue weighted by Gasteiger charge is 2.35. The number of anilines is 1. The number of fused-ring (bicyclic) bond motifs is 2. The number of nitrogens with zero attached hydrogens (tertiary/aromatic N) is 6. The number of aryl methyl sites for hydroxylation is 1. The molecule has 2 aliphatic rings. The molecule has 8 nitrogen and oxygen atoms in total. The maximum Gasteiger partial charge on any atom is 0.264 e. The van der Waals surface area contributed by atoms with Gasteiger partial charge in [-0.2, -0.15) is 5.10 Å². The largest absolute Gasteiger partial charge is 0.331 e. The molecule has 5 heterocycles. The highest BCUT2D eigenvalue weighted by Crippen LogP contribution is 2.39. The minimum Gasteiger partial charge on any atom is -0.331 e. The van der Waals surface area contributed by atoms with Gasteiger partial charge in [-0.15, -0.1) is 11.3 Å². The van der Waals surface area contributed by atoms with Crippen molar-refractivity contribution >= 4 is 33.3 Å². The molecular formula is C33H34F3N7OS. The Kier molecular flexibility index (Phi) is 7.95. The van der Waals surface area contributed by atoms with Crippen LogP contribution in [0, 0.1) is 6.92 Å². The van der Waals surface area contributed by atoms with E-state index < -0.39 is 24.5 Å². The normalized spacial score (nSPS) is 18.1. The molecule has 2 aromatic carbocycles. The average molecular weight is 634 g/mol. The summed E-state index contributed by atoms with van der Waals surface area (Å²) >= 11 is 1.25. The van der Waals surface area contributed by atoms with Gasteiger partial charge in [0.05, 0.1) is 24.1 Å². The fourth-order valence-electron chi connectivity index (χ4n) is 6.83. The van der Waals surface area contributed by atoms with Gasteiger partial charge in [0.2, 0.25) is 0 Å². The number of alkyl halides is 3. The number of benzene rings is 2.